The number of nitrogens with zero attached hydrogens (tertiary/aromatic N) is 2. The highest BCUT2D eigenvalue weighted by atomic mass is 35.5. The van der Waals surface area contributed by atoms with Crippen molar-refractivity contribution in [3.05, 3.63) is 35.0 Å². The molecule has 0 bridgehead atoms. The van der Waals surface area contributed by atoms with Gasteiger partial charge >= 0.3 is 0 Å². The first-order valence-electron chi connectivity index (χ1n) is 5.79. The normalized spacial score (nSPS) is 11.2. The third kappa shape index (κ3) is 3.34. The van der Waals surface area contributed by atoms with Crippen LogP contribution in [0, 0.1) is 6.92 Å². The van der Waals surface area contributed by atoms with Gasteiger partial charge in [-0.2, -0.15) is 0 Å². The zero-order chi connectivity index (χ0) is 15.6. The number of nitrogen functional groups attached to an aromatic ring is 1. The molecule has 0 unspecified atom stereocenters. The number of aromatic nitrogens is 2. The number of hydrogen-bond donors (Lipinski definition) is 2. The van der Waals surface area contributed by atoms with E-state index in [4.69, 9.17) is 22.1 Å². The van der Waals surface area contributed by atoms with Crippen LogP contribution in [0.1, 0.15) is 5.56 Å². The predicted molar refractivity (Wildman–Crippen MR) is 80.0 cm³/mol. The van der Waals surface area contributed by atoms with Crippen molar-refractivity contribution in [1.29, 1.82) is 0 Å². The summed E-state index contributed by atoms with van der Waals surface area (Å²) in [7, 11) is -2.53. The summed E-state index contributed by atoms with van der Waals surface area (Å²) in [6, 6.07) is 5.71. The Hall–Kier alpha value is -2.06. The average molecular weight is 329 g/mol. The summed E-state index contributed by atoms with van der Waals surface area (Å²) in [6.07, 6.45) is 0. The standard InChI is InChI=1S/C12H13ClN4O3S/c1-7-5-9(20-2)10(6-8(7)14)21(18,19)17-12-4-3-11(13)15-16-12/h3-6H,14H2,1-2H3,(H,16,17). The fourth-order valence-corrected chi connectivity index (χ4v) is 2.89. The number of anilines is 2. The third-order valence-electron chi connectivity index (χ3n) is 2.71. The van der Waals surface area contributed by atoms with Crippen molar-refractivity contribution in [2.45, 2.75) is 11.8 Å². The predicted octanol–water partition coefficient (Wildman–Crippen LogP) is 1.83. The molecule has 0 fully saturated rings. The number of nitrogens with two attached hydrogens (primary N) is 1. The maximum absolute atomic E-state index is 12.4. The van der Waals surface area contributed by atoms with Gasteiger partial charge in [0, 0.05) is 5.69 Å². The molecule has 0 aliphatic carbocycles. The van der Waals surface area contributed by atoms with E-state index in [-0.39, 0.29) is 21.6 Å². The van der Waals surface area contributed by atoms with Gasteiger partial charge in [-0.05, 0) is 36.8 Å². The van der Waals surface area contributed by atoms with Crippen LogP contribution in [0.5, 0.6) is 5.75 Å². The molecule has 0 aliphatic rings. The van der Waals surface area contributed by atoms with Crippen molar-refractivity contribution < 1.29 is 13.2 Å². The average Bonchev–Trinajstić information content (AvgIpc) is 2.43. The second-order valence-electron chi connectivity index (χ2n) is 4.21. The number of nitrogens with one attached hydrogen (secondary N) is 1. The first-order valence-corrected chi connectivity index (χ1v) is 7.66. The van der Waals surface area contributed by atoms with Crippen molar-refractivity contribution in [2.24, 2.45) is 0 Å². The molecule has 21 heavy (non-hydrogen) atoms. The van der Waals surface area contributed by atoms with Gasteiger partial charge in [-0.25, -0.2) is 8.42 Å². The van der Waals surface area contributed by atoms with Crippen LogP contribution in [-0.2, 0) is 10.0 Å². The Morgan fingerprint density at radius 2 is 2.00 bits per heavy atom. The SMILES string of the molecule is COc1cc(C)c(N)cc1S(=O)(=O)Nc1ccc(Cl)nn1. The van der Waals surface area contributed by atoms with Crippen molar-refractivity contribution >= 4 is 33.1 Å². The number of benzene rings is 1. The molecule has 0 saturated heterocycles. The molecule has 0 radical (unpaired) electrons. The van der Waals surface area contributed by atoms with Crippen molar-refractivity contribution in [1.82, 2.24) is 10.2 Å². The molecule has 1 aromatic heterocycles. The summed E-state index contributed by atoms with van der Waals surface area (Å²) in [6.45, 7) is 1.76. The molecule has 0 atom stereocenters. The first kappa shape index (κ1) is 15.3. The zero-order valence-electron chi connectivity index (χ0n) is 11.3. The van der Waals surface area contributed by atoms with Crippen LogP contribution in [0.15, 0.2) is 29.2 Å². The Balaban J connectivity index is 2.44. The molecule has 0 aliphatic heterocycles. The van der Waals surface area contributed by atoms with Gasteiger partial charge in [0.2, 0.25) is 0 Å². The molecule has 0 saturated carbocycles. The highest BCUT2D eigenvalue weighted by molar-refractivity contribution is 7.92. The van der Waals surface area contributed by atoms with E-state index in [0.717, 1.165) is 5.56 Å². The molecule has 9 heteroatoms. The minimum atomic E-state index is -3.91. The maximum atomic E-state index is 12.4. The van der Waals surface area contributed by atoms with Gasteiger partial charge in [0.05, 0.1) is 7.11 Å². The van der Waals surface area contributed by atoms with Gasteiger partial charge in [-0.3, -0.25) is 4.72 Å². The summed E-state index contributed by atoms with van der Waals surface area (Å²) in [5, 5.41) is 7.37. The number of methoxy groups -OCH3 is 1. The monoisotopic (exact) mass is 328 g/mol. The molecular formula is C12H13ClN4O3S. The lowest BCUT2D eigenvalue weighted by molar-refractivity contribution is 0.402. The van der Waals surface area contributed by atoms with Crippen LogP contribution in [0.25, 0.3) is 0 Å². The Bertz CT molecular complexity index is 763. The number of sulfonamides is 1. The van der Waals surface area contributed by atoms with Crippen molar-refractivity contribution in [3.8, 4) is 5.75 Å². The van der Waals surface area contributed by atoms with E-state index in [1.54, 1.807) is 13.0 Å². The van der Waals surface area contributed by atoms with Crippen LogP contribution in [0.4, 0.5) is 11.5 Å². The minimum Gasteiger partial charge on any atom is -0.495 e. The highest BCUT2D eigenvalue weighted by Gasteiger charge is 2.21. The molecular weight excluding hydrogens is 316 g/mol. The highest BCUT2D eigenvalue weighted by Crippen LogP contribution is 2.29. The van der Waals surface area contributed by atoms with E-state index in [1.165, 1.54) is 25.3 Å². The Morgan fingerprint density at radius 1 is 1.29 bits per heavy atom. The Kier molecular flexibility index (Phi) is 4.19. The molecule has 1 aromatic carbocycles. The van der Waals surface area contributed by atoms with Gasteiger partial charge in [0.25, 0.3) is 10.0 Å². The molecule has 0 spiro atoms. The second-order valence-corrected chi connectivity index (χ2v) is 6.24. The van der Waals surface area contributed by atoms with E-state index in [0.29, 0.717) is 5.69 Å². The van der Waals surface area contributed by atoms with E-state index in [9.17, 15) is 8.42 Å². The Labute approximate surface area is 127 Å². The fourth-order valence-electron chi connectivity index (χ4n) is 1.61. The van der Waals surface area contributed by atoms with E-state index >= 15 is 0 Å². The summed E-state index contributed by atoms with van der Waals surface area (Å²) in [5.74, 6) is 0.233. The molecule has 0 amide bonds. The van der Waals surface area contributed by atoms with Crippen LogP contribution in [0.3, 0.4) is 0 Å². The summed E-state index contributed by atoms with van der Waals surface area (Å²) in [4.78, 5) is -0.0788. The lowest BCUT2D eigenvalue weighted by atomic mass is 10.2. The van der Waals surface area contributed by atoms with Gasteiger partial charge in [-0.15, -0.1) is 10.2 Å². The number of ether oxygens (including phenoxy) is 1. The van der Waals surface area contributed by atoms with Gasteiger partial charge in [0.15, 0.2) is 11.0 Å². The number of hydrogen-bond acceptors (Lipinski definition) is 6. The van der Waals surface area contributed by atoms with Crippen LogP contribution < -0.4 is 15.2 Å². The molecule has 1 heterocycles. The van der Waals surface area contributed by atoms with Gasteiger partial charge in [-0.1, -0.05) is 11.6 Å². The zero-order valence-corrected chi connectivity index (χ0v) is 12.9. The maximum Gasteiger partial charge on any atom is 0.266 e. The lowest BCUT2D eigenvalue weighted by Gasteiger charge is -2.13. The number of aryl methyl sites for hydroxylation is 1. The summed E-state index contributed by atoms with van der Waals surface area (Å²) < 4.78 is 32.1. The van der Waals surface area contributed by atoms with E-state index in [1.807, 2.05) is 0 Å². The van der Waals surface area contributed by atoms with Crippen LogP contribution in [0.2, 0.25) is 5.15 Å². The molecule has 2 rings (SSSR count). The van der Waals surface area contributed by atoms with E-state index in [2.05, 4.69) is 14.9 Å². The molecule has 7 nitrogen and oxygen atoms in total. The first-order chi connectivity index (χ1) is 9.83. The largest absolute Gasteiger partial charge is 0.495 e. The number of rotatable bonds is 4. The second kappa shape index (κ2) is 5.74. The molecule has 3 N–H and O–H groups in total. The van der Waals surface area contributed by atoms with Gasteiger partial charge in [0.1, 0.15) is 10.6 Å². The number of halogens is 1. The van der Waals surface area contributed by atoms with Gasteiger partial charge < -0.3 is 10.5 Å². The minimum absolute atomic E-state index is 0.0422. The summed E-state index contributed by atoms with van der Waals surface area (Å²) in [5.41, 5.74) is 6.83. The topological polar surface area (TPSA) is 107 Å². The Morgan fingerprint density at radius 3 is 2.57 bits per heavy atom. The van der Waals surface area contributed by atoms with Crippen molar-refractivity contribution in [3.63, 3.8) is 0 Å². The van der Waals surface area contributed by atoms with Crippen LogP contribution in [-0.4, -0.2) is 25.7 Å². The van der Waals surface area contributed by atoms with E-state index < -0.39 is 10.0 Å². The molecule has 2 aromatic rings. The summed E-state index contributed by atoms with van der Waals surface area (Å²) >= 11 is 5.60. The van der Waals surface area contributed by atoms with Crippen molar-refractivity contribution in [2.75, 3.05) is 17.6 Å². The quantitative estimate of drug-likeness (QED) is 0.829. The lowest BCUT2D eigenvalue weighted by Crippen LogP contribution is -2.16. The third-order valence-corrected chi connectivity index (χ3v) is 4.29. The van der Waals surface area contributed by atoms with Crippen LogP contribution >= 0.6 is 11.6 Å². The fraction of sp³-hybridized carbons (Fsp3) is 0.167. The smallest absolute Gasteiger partial charge is 0.266 e. The molecule has 112 valence electrons.